The first-order valence-electron chi connectivity index (χ1n) is 6.51. The van der Waals surface area contributed by atoms with Crippen molar-refractivity contribution in [3.63, 3.8) is 0 Å². The van der Waals surface area contributed by atoms with E-state index in [1.807, 2.05) is 7.05 Å². The first-order chi connectivity index (χ1) is 8.36. The molecule has 2 aliphatic rings. The van der Waals surface area contributed by atoms with E-state index in [-0.39, 0.29) is 0 Å². The van der Waals surface area contributed by atoms with Crippen LogP contribution < -0.4 is 5.32 Å². The van der Waals surface area contributed by atoms with Gasteiger partial charge in [0.2, 0.25) is 0 Å². The minimum atomic E-state index is 0.384. The Bertz CT molecular complexity index is 398. The van der Waals surface area contributed by atoms with E-state index in [0.717, 1.165) is 37.7 Å². The second-order valence-electron chi connectivity index (χ2n) is 4.97. The van der Waals surface area contributed by atoms with Crippen molar-refractivity contribution in [2.75, 3.05) is 25.6 Å². The first kappa shape index (κ1) is 11.0. The number of hydrogen-bond donors (Lipinski definition) is 1. The van der Waals surface area contributed by atoms with Gasteiger partial charge in [-0.3, -0.25) is 0 Å². The number of hydrogen-bond acceptors (Lipinski definition) is 4. The minimum Gasteiger partial charge on any atom is -0.381 e. The van der Waals surface area contributed by atoms with Gasteiger partial charge in [0, 0.05) is 37.3 Å². The van der Waals surface area contributed by atoms with E-state index in [1.54, 1.807) is 0 Å². The number of nitrogens with zero attached hydrogens (tertiary/aromatic N) is 2. The third-order valence-electron chi connectivity index (χ3n) is 3.54. The van der Waals surface area contributed by atoms with Crippen molar-refractivity contribution in [1.82, 2.24) is 9.97 Å². The molecule has 92 valence electrons. The van der Waals surface area contributed by atoms with Crippen LogP contribution in [0.1, 0.15) is 49.0 Å². The van der Waals surface area contributed by atoms with Gasteiger partial charge >= 0.3 is 0 Å². The topological polar surface area (TPSA) is 47.0 Å². The molecular weight excluding hydrogens is 214 g/mol. The van der Waals surface area contributed by atoms with E-state index in [1.165, 1.54) is 18.5 Å². The summed E-state index contributed by atoms with van der Waals surface area (Å²) in [6, 6.07) is 2.09. The van der Waals surface area contributed by atoms with Crippen LogP contribution in [0.4, 0.5) is 5.82 Å². The van der Waals surface area contributed by atoms with Crippen LogP contribution in [0.25, 0.3) is 0 Å². The van der Waals surface area contributed by atoms with E-state index in [9.17, 15) is 0 Å². The summed E-state index contributed by atoms with van der Waals surface area (Å²) < 4.78 is 5.53. The average molecular weight is 233 g/mol. The summed E-state index contributed by atoms with van der Waals surface area (Å²) in [6.07, 6.45) is 4.83. The summed E-state index contributed by atoms with van der Waals surface area (Å²) in [5.74, 6) is 2.98. The lowest BCUT2D eigenvalue weighted by molar-refractivity contribution is 0.0780. The van der Waals surface area contributed by atoms with Crippen LogP contribution in [0.3, 0.4) is 0 Å². The van der Waals surface area contributed by atoms with Gasteiger partial charge in [-0.2, -0.15) is 0 Å². The molecule has 1 saturated heterocycles. The van der Waals surface area contributed by atoms with Crippen molar-refractivity contribution >= 4 is 5.82 Å². The lowest BCUT2D eigenvalue weighted by Crippen LogP contribution is -2.18. The molecule has 4 nitrogen and oxygen atoms in total. The maximum Gasteiger partial charge on any atom is 0.136 e. The molecule has 0 spiro atoms. The zero-order chi connectivity index (χ0) is 11.7. The summed E-state index contributed by atoms with van der Waals surface area (Å²) in [6.45, 7) is 1.66. The third kappa shape index (κ3) is 2.41. The standard InChI is InChI=1S/C13H19N3O/c1-14-12-7-11(9-4-5-9)15-13(16-12)10-3-2-6-17-8-10/h7,9-10H,2-6,8H2,1H3,(H,14,15,16). The van der Waals surface area contributed by atoms with Gasteiger partial charge in [-0.25, -0.2) is 9.97 Å². The van der Waals surface area contributed by atoms with Crippen molar-refractivity contribution in [2.24, 2.45) is 0 Å². The molecule has 0 amide bonds. The third-order valence-corrected chi connectivity index (χ3v) is 3.54. The molecule has 1 N–H and O–H groups in total. The van der Waals surface area contributed by atoms with Gasteiger partial charge in [0.15, 0.2) is 0 Å². The van der Waals surface area contributed by atoms with Crippen LogP contribution in [0.2, 0.25) is 0 Å². The lowest BCUT2D eigenvalue weighted by atomic mass is 10.0. The Hall–Kier alpha value is -1.16. The molecule has 1 atom stereocenters. The predicted octanol–water partition coefficient (Wildman–Crippen LogP) is 2.29. The fraction of sp³-hybridized carbons (Fsp3) is 0.692. The first-order valence-corrected chi connectivity index (χ1v) is 6.51. The highest BCUT2D eigenvalue weighted by Gasteiger charge is 2.27. The van der Waals surface area contributed by atoms with Crippen molar-refractivity contribution in [3.8, 4) is 0 Å². The maximum absolute atomic E-state index is 5.53. The van der Waals surface area contributed by atoms with Gasteiger partial charge in [-0.15, -0.1) is 0 Å². The zero-order valence-corrected chi connectivity index (χ0v) is 10.3. The molecule has 1 saturated carbocycles. The fourth-order valence-corrected chi connectivity index (χ4v) is 2.33. The quantitative estimate of drug-likeness (QED) is 0.870. The molecule has 0 bridgehead atoms. The molecule has 1 aliphatic carbocycles. The Morgan fingerprint density at radius 2 is 2.12 bits per heavy atom. The summed E-state index contributed by atoms with van der Waals surface area (Å²) in [4.78, 5) is 9.32. The van der Waals surface area contributed by atoms with Crippen LogP contribution in [0.15, 0.2) is 6.07 Å². The highest BCUT2D eigenvalue weighted by molar-refractivity contribution is 5.37. The maximum atomic E-state index is 5.53. The van der Waals surface area contributed by atoms with Gasteiger partial charge < -0.3 is 10.1 Å². The minimum absolute atomic E-state index is 0.384. The molecule has 1 unspecified atom stereocenters. The van der Waals surface area contributed by atoms with Gasteiger partial charge in [0.1, 0.15) is 11.6 Å². The van der Waals surface area contributed by atoms with Crippen LogP contribution in [0, 0.1) is 0 Å². The van der Waals surface area contributed by atoms with Gasteiger partial charge in [0.25, 0.3) is 0 Å². The Kier molecular flexibility index (Phi) is 2.97. The summed E-state index contributed by atoms with van der Waals surface area (Å²) in [7, 11) is 1.92. The fourth-order valence-electron chi connectivity index (χ4n) is 2.33. The highest BCUT2D eigenvalue weighted by Crippen LogP contribution is 2.40. The van der Waals surface area contributed by atoms with E-state index in [2.05, 4.69) is 16.4 Å². The van der Waals surface area contributed by atoms with Crippen molar-refractivity contribution in [3.05, 3.63) is 17.6 Å². The Labute approximate surface area is 102 Å². The highest BCUT2D eigenvalue weighted by atomic mass is 16.5. The van der Waals surface area contributed by atoms with E-state index < -0.39 is 0 Å². The van der Waals surface area contributed by atoms with E-state index >= 15 is 0 Å². The Morgan fingerprint density at radius 3 is 2.76 bits per heavy atom. The molecule has 1 aromatic heterocycles. The van der Waals surface area contributed by atoms with Crippen LogP contribution in [0.5, 0.6) is 0 Å². The van der Waals surface area contributed by atoms with Crippen molar-refractivity contribution in [2.45, 2.75) is 37.5 Å². The number of nitrogens with one attached hydrogen (secondary N) is 1. The second kappa shape index (κ2) is 4.61. The summed E-state index contributed by atoms with van der Waals surface area (Å²) in [5, 5.41) is 3.14. The van der Waals surface area contributed by atoms with Gasteiger partial charge in [-0.05, 0) is 25.7 Å². The van der Waals surface area contributed by atoms with Crippen molar-refractivity contribution in [1.29, 1.82) is 0 Å². The largest absolute Gasteiger partial charge is 0.381 e. The molecule has 0 radical (unpaired) electrons. The zero-order valence-electron chi connectivity index (χ0n) is 10.3. The summed E-state index contributed by atoms with van der Waals surface area (Å²) >= 11 is 0. The molecule has 17 heavy (non-hydrogen) atoms. The number of rotatable bonds is 3. The Balaban J connectivity index is 1.88. The second-order valence-corrected chi connectivity index (χ2v) is 4.97. The molecule has 0 aromatic carbocycles. The average Bonchev–Trinajstić information content (AvgIpc) is 3.23. The molecule has 4 heteroatoms. The molecule has 2 fully saturated rings. The van der Waals surface area contributed by atoms with E-state index in [0.29, 0.717) is 11.8 Å². The molecular formula is C13H19N3O. The lowest BCUT2D eigenvalue weighted by Gasteiger charge is -2.21. The number of aromatic nitrogens is 2. The van der Waals surface area contributed by atoms with Gasteiger partial charge in [-0.1, -0.05) is 0 Å². The smallest absolute Gasteiger partial charge is 0.136 e. The van der Waals surface area contributed by atoms with Crippen LogP contribution in [-0.2, 0) is 4.74 Å². The monoisotopic (exact) mass is 233 g/mol. The molecule has 2 heterocycles. The van der Waals surface area contributed by atoms with Gasteiger partial charge in [0.05, 0.1) is 6.61 Å². The molecule has 1 aromatic rings. The molecule has 3 rings (SSSR count). The SMILES string of the molecule is CNc1cc(C2CC2)nc(C2CCCOC2)n1. The number of ether oxygens (including phenoxy) is 1. The van der Waals surface area contributed by atoms with Crippen LogP contribution in [-0.4, -0.2) is 30.2 Å². The van der Waals surface area contributed by atoms with Crippen LogP contribution >= 0.6 is 0 Å². The summed E-state index contributed by atoms with van der Waals surface area (Å²) in [5.41, 5.74) is 1.21. The predicted molar refractivity (Wildman–Crippen MR) is 66.3 cm³/mol. The van der Waals surface area contributed by atoms with Crippen molar-refractivity contribution < 1.29 is 4.74 Å². The normalized spacial score (nSPS) is 24.6. The van der Waals surface area contributed by atoms with E-state index in [4.69, 9.17) is 9.72 Å². The molecule has 1 aliphatic heterocycles. The Morgan fingerprint density at radius 1 is 1.24 bits per heavy atom. The number of anilines is 1.